The molecule has 1 aromatic carbocycles. The molecule has 2 aromatic rings. The maximum Gasteiger partial charge on any atom is 0.269 e. The summed E-state index contributed by atoms with van der Waals surface area (Å²) < 4.78 is 0. The number of nitrogens with one attached hydrogen (secondary N) is 1. The largest absolute Gasteiger partial charge is 0.382 e. The van der Waals surface area contributed by atoms with Gasteiger partial charge in [-0.3, -0.25) is 4.79 Å². The number of aromatic nitrogens is 1. The zero-order valence-electron chi connectivity index (χ0n) is 12.7. The topological polar surface area (TPSA) is 71.2 Å². The molecule has 1 amide bonds. The summed E-state index contributed by atoms with van der Waals surface area (Å²) in [6.07, 6.45) is 0. The van der Waals surface area contributed by atoms with Crippen molar-refractivity contribution >= 4 is 33.9 Å². The molecule has 0 bridgehead atoms. The van der Waals surface area contributed by atoms with Crippen molar-refractivity contribution in [2.75, 3.05) is 29.5 Å². The molecule has 5 nitrogen and oxygen atoms in total. The zero-order valence-corrected chi connectivity index (χ0v) is 13.5. The second-order valence-corrected chi connectivity index (χ2v) is 5.96. The number of benzene rings is 1. The lowest BCUT2D eigenvalue weighted by molar-refractivity contribution is 0.103. The molecular formula is C15H20N4OS. The van der Waals surface area contributed by atoms with Gasteiger partial charge in [-0.25, -0.2) is 4.98 Å². The number of rotatable bonds is 4. The van der Waals surface area contributed by atoms with E-state index in [2.05, 4.69) is 10.3 Å². The van der Waals surface area contributed by atoms with E-state index in [0.29, 0.717) is 4.88 Å². The molecule has 2 rings (SSSR count). The first kappa shape index (κ1) is 15.3. The molecule has 112 valence electrons. The molecule has 0 saturated heterocycles. The molecule has 0 saturated carbocycles. The highest BCUT2D eigenvalue weighted by molar-refractivity contribution is 7.18. The van der Waals surface area contributed by atoms with E-state index in [9.17, 15) is 4.79 Å². The summed E-state index contributed by atoms with van der Waals surface area (Å²) in [6, 6.07) is 5.82. The highest BCUT2D eigenvalue weighted by Gasteiger charge is 2.18. The van der Waals surface area contributed by atoms with Gasteiger partial charge in [0.1, 0.15) is 10.7 Å². The van der Waals surface area contributed by atoms with Crippen molar-refractivity contribution in [1.29, 1.82) is 0 Å². The third-order valence-corrected chi connectivity index (χ3v) is 4.60. The number of hydrogen-bond acceptors (Lipinski definition) is 5. The Hall–Kier alpha value is -2.08. The second-order valence-electron chi connectivity index (χ2n) is 4.98. The Morgan fingerprint density at radius 2 is 2.10 bits per heavy atom. The zero-order chi connectivity index (χ0) is 15.6. The van der Waals surface area contributed by atoms with Gasteiger partial charge < -0.3 is 16.0 Å². The number of thiazole rings is 1. The van der Waals surface area contributed by atoms with Gasteiger partial charge in [0.25, 0.3) is 5.91 Å². The van der Waals surface area contributed by atoms with E-state index in [1.807, 2.05) is 50.9 Å². The van der Waals surface area contributed by atoms with Gasteiger partial charge in [0, 0.05) is 19.3 Å². The predicted molar refractivity (Wildman–Crippen MR) is 89.3 cm³/mol. The summed E-state index contributed by atoms with van der Waals surface area (Å²) in [5.41, 5.74) is 8.95. The summed E-state index contributed by atoms with van der Waals surface area (Å²) in [6.45, 7) is 6.88. The van der Waals surface area contributed by atoms with Crippen LogP contribution in [0.25, 0.3) is 0 Å². The minimum Gasteiger partial charge on any atom is -0.382 e. The lowest BCUT2D eigenvalue weighted by atomic mass is 10.1. The predicted octanol–water partition coefficient (Wildman–Crippen LogP) is 3.05. The van der Waals surface area contributed by atoms with Gasteiger partial charge in [-0.05, 0) is 44.0 Å². The van der Waals surface area contributed by atoms with Gasteiger partial charge >= 0.3 is 0 Å². The van der Waals surface area contributed by atoms with Crippen LogP contribution in [0.15, 0.2) is 18.2 Å². The van der Waals surface area contributed by atoms with Gasteiger partial charge in [-0.15, -0.1) is 0 Å². The van der Waals surface area contributed by atoms with Crippen LogP contribution < -0.4 is 16.0 Å². The third-order valence-electron chi connectivity index (χ3n) is 3.41. The van der Waals surface area contributed by atoms with E-state index in [4.69, 9.17) is 5.73 Å². The van der Waals surface area contributed by atoms with E-state index in [0.717, 1.165) is 22.9 Å². The quantitative estimate of drug-likeness (QED) is 0.910. The number of aryl methyl sites for hydroxylation is 2. The van der Waals surface area contributed by atoms with Gasteiger partial charge in [0.05, 0.1) is 0 Å². The Labute approximate surface area is 128 Å². The molecule has 0 fully saturated rings. The standard InChI is InChI=1S/C15H20N4OS/c1-5-19(4)15-18-13(16)12(21-15)14(20)17-11-7-6-9(2)10(3)8-11/h6-8H,5,16H2,1-4H3,(H,17,20). The Morgan fingerprint density at radius 1 is 1.38 bits per heavy atom. The molecular weight excluding hydrogens is 284 g/mol. The maximum absolute atomic E-state index is 12.3. The average Bonchev–Trinajstić information content (AvgIpc) is 2.84. The number of amides is 1. The van der Waals surface area contributed by atoms with Gasteiger partial charge in [0.2, 0.25) is 0 Å². The minimum absolute atomic E-state index is 0.219. The van der Waals surface area contributed by atoms with Crippen molar-refractivity contribution in [3.05, 3.63) is 34.2 Å². The van der Waals surface area contributed by atoms with Crippen LogP contribution in [0.3, 0.4) is 0 Å². The average molecular weight is 304 g/mol. The van der Waals surface area contributed by atoms with Crippen molar-refractivity contribution in [1.82, 2.24) is 4.98 Å². The van der Waals surface area contributed by atoms with Gasteiger partial charge in [-0.1, -0.05) is 17.4 Å². The van der Waals surface area contributed by atoms with Crippen molar-refractivity contribution in [2.45, 2.75) is 20.8 Å². The van der Waals surface area contributed by atoms with E-state index >= 15 is 0 Å². The third kappa shape index (κ3) is 3.33. The first-order valence-corrected chi connectivity index (χ1v) is 7.60. The number of nitrogens with zero attached hydrogens (tertiary/aromatic N) is 2. The van der Waals surface area contributed by atoms with Crippen molar-refractivity contribution in [3.8, 4) is 0 Å². The van der Waals surface area contributed by atoms with Crippen LogP contribution in [0.1, 0.15) is 27.7 Å². The molecule has 21 heavy (non-hydrogen) atoms. The van der Waals surface area contributed by atoms with Crippen molar-refractivity contribution < 1.29 is 4.79 Å². The van der Waals surface area contributed by atoms with Crippen LogP contribution >= 0.6 is 11.3 Å². The maximum atomic E-state index is 12.3. The monoisotopic (exact) mass is 304 g/mol. The van der Waals surface area contributed by atoms with Crippen LogP contribution in [0.2, 0.25) is 0 Å². The van der Waals surface area contributed by atoms with Crippen LogP contribution in [-0.4, -0.2) is 24.5 Å². The molecule has 0 atom stereocenters. The molecule has 0 unspecified atom stereocenters. The number of nitrogen functional groups attached to an aromatic ring is 1. The summed E-state index contributed by atoms with van der Waals surface area (Å²) in [5.74, 6) is 0.0561. The molecule has 0 aliphatic carbocycles. The molecule has 0 radical (unpaired) electrons. The summed E-state index contributed by atoms with van der Waals surface area (Å²) in [7, 11) is 1.92. The Morgan fingerprint density at radius 3 is 2.71 bits per heavy atom. The summed E-state index contributed by atoms with van der Waals surface area (Å²) in [5, 5.41) is 3.62. The lowest BCUT2D eigenvalue weighted by Crippen LogP contribution is -2.15. The normalized spacial score (nSPS) is 10.5. The number of carbonyl (C=O) groups excluding carboxylic acids is 1. The summed E-state index contributed by atoms with van der Waals surface area (Å²) >= 11 is 1.30. The Kier molecular flexibility index (Phi) is 4.47. The molecule has 3 N–H and O–H groups in total. The van der Waals surface area contributed by atoms with Gasteiger partial charge in [0.15, 0.2) is 5.13 Å². The highest BCUT2D eigenvalue weighted by atomic mass is 32.1. The first-order valence-electron chi connectivity index (χ1n) is 6.78. The Bertz CT molecular complexity index is 666. The van der Waals surface area contributed by atoms with E-state index in [1.54, 1.807) is 0 Å². The second kappa shape index (κ2) is 6.13. The van der Waals surface area contributed by atoms with E-state index in [1.165, 1.54) is 16.9 Å². The first-order chi connectivity index (χ1) is 9.92. The fourth-order valence-electron chi connectivity index (χ4n) is 1.79. The fourth-order valence-corrected chi connectivity index (χ4v) is 2.69. The molecule has 0 aliphatic heterocycles. The SMILES string of the molecule is CCN(C)c1nc(N)c(C(=O)Nc2ccc(C)c(C)c2)s1. The van der Waals surface area contributed by atoms with Crippen LogP contribution in [0.4, 0.5) is 16.6 Å². The molecule has 0 spiro atoms. The van der Waals surface area contributed by atoms with E-state index in [-0.39, 0.29) is 11.7 Å². The molecule has 0 aliphatic rings. The minimum atomic E-state index is -0.219. The fraction of sp³-hybridized carbons (Fsp3) is 0.333. The smallest absolute Gasteiger partial charge is 0.269 e. The van der Waals surface area contributed by atoms with Crippen molar-refractivity contribution in [2.24, 2.45) is 0 Å². The van der Waals surface area contributed by atoms with Gasteiger partial charge in [-0.2, -0.15) is 0 Å². The Balaban J connectivity index is 2.20. The number of carbonyl (C=O) groups is 1. The highest BCUT2D eigenvalue weighted by Crippen LogP contribution is 2.28. The molecule has 6 heteroatoms. The molecule has 1 aromatic heterocycles. The number of anilines is 3. The van der Waals surface area contributed by atoms with Crippen LogP contribution in [0.5, 0.6) is 0 Å². The lowest BCUT2D eigenvalue weighted by Gasteiger charge is -2.11. The van der Waals surface area contributed by atoms with Crippen LogP contribution in [-0.2, 0) is 0 Å². The number of hydrogen-bond donors (Lipinski definition) is 2. The summed E-state index contributed by atoms with van der Waals surface area (Å²) in [4.78, 5) is 19.0. The number of nitrogens with two attached hydrogens (primary N) is 1. The van der Waals surface area contributed by atoms with Crippen LogP contribution in [0, 0.1) is 13.8 Å². The van der Waals surface area contributed by atoms with E-state index < -0.39 is 0 Å². The van der Waals surface area contributed by atoms with Crippen molar-refractivity contribution in [3.63, 3.8) is 0 Å². The molecule has 1 heterocycles.